The molecule has 1 saturated carbocycles. The van der Waals surface area contributed by atoms with Crippen LogP contribution in [0.2, 0.25) is 0 Å². The van der Waals surface area contributed by atoms with Crippen LogP contribution in [0.1, 0.15) is 50.5 Å². The Hall–Kier alpha value is -1.13. The van der Waals surface area contributed by atoms with Crippen molar-refractivity contribution in [3.63, 3.8) is 0 Å². The van der Waals surface area contributed by atoms with Crippen molar-refractivity contribution < 1.29 is 9.18 Å². The van der Waals surface area contributed by atoms with Gasteiger partial charge in [0.05, 0.1) is 5.41 Å². The maximum atomic E-state index is 13.6. The summed E-state index contributed by atoms with van der Waals surface area (Å²) in [5, 5.41) is 6.55. The molecule has 134 valence electrons. The molecule has 1 aromatic carbocycles. The van der Waals surface area contributed by atoms with Crippen LogP contribution in [0.15, 0.2) is 24.3 Å². The number of benzene rings is 1. The van der Waals surface area contributed by atoms with Gasteiger partial charge in [0.25, 0.3) is 0 Å². The number of hydrogen-bond donors (Lipinski definition) is 2. The van der Waals surface area contributed by atoms with Gasteiger partial charge in [0.1, 0.15) is 5.82 Å². The highest BCUT2D eigenvalue weighted by atomic mass is 35.5. The Kier molecular flexibility index (Phi) is 7.05. The minimum Gasteiger partial charge on any atom is -0.355 e. The van der Waals surface area contributed by atoms with Gasteiger partial charge in [0.15, 0.2) is 0 Å². The van der Waals surface area contributed by atoms with E-state index >= 15 is 0 Å². The van der Waals surface area contributed by atoms with Crippen molar-refractivity contribution in [1.82, 2.24) is 10.6 Å². The fourth-order valence-electron chi connectivity index (χ4n) is 4.14. The van der Waals surface area contributed by atoms with Crippen molar-refractivity contribution in [3.05, 3.63) is 35.6 Å². The molecule has 3 nitrogen and oxygen atoms in total. The lowest BCUT2D eigenvalue weighted by Gasteiger charge is -2.29. The molecule has 1 amide bonds. The number of halogens is 2. The summed E-state index contributed by atoms with van der Waals surface area (Å²) in [7, 11) is 0. The van der Waals surface area contributed by atoms with Crippen LogP contribution in [0, 0.1) is 11.7 Å². The van der Waals surface area contributed by atoms with Crippen molar-refractivity contribution in [1.29, 1.82) is 0 Å². The third kappa shape index (κ3) is 4.28. The molecular weight excluding hydrogens is 327 g/mol. The summed E-state index contributed by atoms with van der Waals surface area (Å²) in [4.78, 5) is 12.9. The van der Waals surface area contributed by atoms with Gasteiger partial charge in [-0.2, -0.15) is 0 Å². The standard InChI is InChI=1S/C19H27FN2O.ClH/c20-17-7-3-6-16(13-17)19(9-1-2-10-19)18(23)22-12-8-15-5-4-11-21-14-15;/h3,6-7,13,15,21H,1-2,4-5,8-12,14H2,(H,22,23);1H. The predicted molar refractivity (Wildman–Crippen MR) is 97.0 cm³/mol. The van der Waals surface area contributed by atoms with E-state index in [1.165, 1.54) is 25.0 Å². The van der Waals surface area contributed by atoms with Gasteiger partial charge < -0.3 is 10.6 Å². The van der Waals surface area contributed by atoms with E-state index in [1.54, 1.807) is 6.07 Å². The average Bonchev–Trinajstić information content (AvgIpc) is 3.07. The first kappa shape index (κ1) is 19.2. The van der Waals surface area contributed by atoms with Crippen LogP contribution in [-0.2, 0) is 10.2 Å². The highest BCUT2D eigenvalue weighted by Gasteiger charge is 2.42. The highest BCUT2D eigenvalue weighted by Crippen LogP contribution is 2.41. The Morgan fingerprint density at radius 2 is 2.08 bits per heavy atom. The van der Waals surface area contributed by atoms with Crippen LogP contribution in [0.25, 0.3) is 0 Å². The SMILES string of the molecule is Cl.O=C(NCCC1CCCNC1)C1(c2cccc(F)c2)CCCC1. The van der Waals surface area contributed by atoms with Gasteiger partial charge in [-0.1, -0.05) is 25.0 Å². The van der Waals surface area contributed by atoms with Gasteiger partial charge in [-0.15, -0.1) is 12.4 Å². The summed E-state index contributed by atoms with van der Waals surface area (Å²) in [6.07, 6.45) is 7.23. The van der Waals surface area contributed by atoms with Gasteiger partial charge in [0, 0.05) is 6.54 Å². The van der Waals surface area contributed by atoms with Gasteiger partial charge in [0.2, 0.25) is 5.91 Å². The van der Waals surface area contributed by atoms with E-state index in [0.717, 1.165) is 57.3 Å². The first-order chi connectivity index (χ1) is 11.2. The largest absolute Gasteiger partial charge is 0.355 e. The van der Waals surface area contributed by atoms with E-state index < -0.39 is 5.41 Å². The molecule has 0 spiro atoms. The molecule has 24 heavy (non-hydrogen) atoms. The molecule has 0 radical (unpaired) electrons. The van der Waals surface area contributed by atoms with E-state index in [0.29, 0.717) is 5.92 Å². The maximum Gasteiger partial charge on any atom is 0.230 e. The summed E-state index contributed by atoms with van der Waals surface area (Å²) in [5.41, 5.74) is 0.319. The van der Waals surface area contributed by atoms with Crippen LogP contribution >= 0.6 is 12.4 Å². The number of nitrogens with one attached hydrogen (secondary N) is 2. The van der Waals surface area contributed by atoms with Crippen LogP contribution in [0.3, 0.4) is 0 Å². The molecule has 3 rings (SSSR count). The number of rotatable bonds is 5. The highest BCUT2D eigenvalue weighted by molar-refractivity contribution is 5.88. The van der Waals surface area contributed by atoms with E-state index in [4.69, 9.17) is 0 Å². The van der Waals surface area contributed by atoms with Crippen LogP contribution in [0.5, 0.6) is 0 Å². The molecule has 0 aromatic heterocycles. The molecule has 1 atom stereocenters. The molecule has 1 heterocycles. The van der Waals surface area contributed by atoms with Crippen molar-refractivity contribution in [2.45, 2.75) is 50.4 Å². The van der Waals surface area contributed by atoms with Gasteiger partial charge >= 0.3 is 0 Å². The lowest BCUT2D eigenvalue weighted by molar-refractivity contribution is -0.126. The van der Waals surface area contributed by atoms with Crippen LogP contribution in [0.4, 0.5) is 4.39 Å². The number of carbonyl (C=O) groups excluding carboxylic acids is 1. The fraction of sp³-hybridized carbons (Fsp3) is 0.632. The van der Waals surface area contributed by atoms with E-state index in [9.17, 15) is 9.18 Å². The monoisotopic (exact) mass is 354 g/mol. The number of piperidine rings is 1. The molecule has 1 unspecified atom stereocenters. The molecule has 1 aromatic rings. The number of carbonyl (C=O) groups is 1. The third-order valence-electron chi connectivity index (χ3n) is 5.51. The zero-order chi connectivity index (χ0) is 16.1. The van der Waals surface area contributed by atoms with E-state index in [2.05, 4.69) is 10.6 Å². The second-order valence-corrected chi connectivity index (χ2v) is 7.06. The van der Waals surface area contributed by atoms with Gasteiger partial charge in [-0.05, 0) is 68.8 Å². The Balaban J connectivity index is 0.00000208. The second kappa shape index (κ2) is 8.82. The molecule has 2 aliphatic rings. The maximum absolute atomic E-state index is 13.6. The Labute approximate surface area is 150 Å². The summed E-state index contributed by atoms with van der Waals surface area (Å²) in [6, 6.07) is 6.60. The quantitative estimate of drug-likeness (QED) is 0.848. The van der Waals surface area contributed by atoms with E-state index in [1.807, 2.05) is 6.07 Å². The van der Waals surface area contributed by atoms with Gasteiger partial charge in [-0.25, -0.2) is 4.39 Å². The second-order valence-electron chi connectivity index (χ2n) is 7.06. The summed E-state index contributed by atoms with van der Waals surface area (Å²) in [6.45, 7) is 2.90. The molecule has 1 aliphatic carbocycles. The smallest absolute Gasteiger partial charge is 0.230 e. The zero-order valence-corrected chi connectivity index (χ0v) is 15.0. The predicted octanol–water partition coefficient (Wildman–Crippen LogP) is 3.57. The molecule has 2 fully saturated rings. The molecule has 1 saturated heterocycles. The Bertz CT molecular complexity index is 540. The fourth-order valence-corrected chi connectivity index (χ4v) is 4.14. The summed E-state index contributed by atoms with van der Waals surface area (Å²) >= 11 is 0. The Morgan fingerprint density at radius 3 is 2.75 bits per heavy atom. The first-order valence-corrected chi connectivity index (χ1v) is 8.96. The van der Waals surface area contributed by atoms with Crippen LogP contribution in [-0.4, -0.2) is 25.5 Å². The molecule has 5 heteroatoms. The minimum atomic E-state index is -0.521. The summed E-state index contributed by atoms with van der Waals surface area (Å²) < 4.78 is 13.6. The third-order valence-corrected chi connectivity index (χ3v) is 5.51. The first-order valence-electron chi connectivity index (χ1n) is 8.96. The van der Waals surface area contributed by atoms with Crippen LogP contribution < -0.4 is 10.6 Å². The van der Waals surface area contributed by atoms with Crippen molar-refractivity contribution in [2.24, 2.45) is 5.92 Å². The average molecular weight is 355 g/mol. The topological polar surface area (TPSA) is 41.1 Å². The zero-order valence-electron chi connectivity index (χ0n) is 14.2. The van der Waals surface area contributed by atoms with Gasteiger partial charge in [-0.3, -0.25) is 4.79 Å². The number of hydrogen-bond acceptors (Lipinski definition) is 2. The molecule has 1 aliphatic heterocycles. The molecule has 2 N–H and O–H groups in total. The number of amides is 1. The Morgan fingerprint density at radius 1 is 1.29 bits per heavy atom. The lowest BCUT2D eigenvalue weighted by Crippen LogP contribution is -2.43. The van der Waals surface area contributed by atoms with E-state index in [-0.39, 0.29) is 24.1 Å². The van der Waals surface area contributed by atoms with Crippen molar-refractivity contribution in [2.75, 3.05) is 19.6 Å². The van der Waals surface area contributed by atoms with Crippen molar-refractivity contribution >= 4 is 18.3 Å². The normalized spacial score (nSPS) is 22.6. The van der Waals surface area contributed by atoms with Crippen molar-refractivity contribution in [3.8, 4) is 0 Å². The lowest BCUT2D eigenvalue weighted by atomic mass is 9.78. The molecular formula is C19H28ClFN2O. The summed E-state index contributed by atoms with van der Waals surface area (Å²) in [5.74, 6) is 0.497. The molecule has 0 bridgehead atoms. The minimum absolute atomic E-state index is 0.